The smallest absolute Gasteiger partial charge is 0.131 e. The molecule has 0 aliphatic rings. The summed E-state index contributed by atoms with van der Waals surface area (Å²) >= 11 is 0. The number of unbranched alkanes of at least 4 members (excludes halogenated alkanes) is 1. The van der Waals surface area contributed by atoms with E-state index in [0.717, 1.165) is 36.7 Å². The number of imidazole rings is 1. The summed E-state index contributed by atoms with van der Waals surface area (Å²) in [6.07, 6.45) is 3.22. The van der Waals surface area contributed by atoms with Crippen molar-refractivity contribution >= 4 is 5.82 Å². The average Bonchev–Trinajstić information content (AvgIpc) is 2.77. The van der Waals surface area contributed by atoms with E-state index in [0.29, 0.717) is 0 Å². The highest BCUT2D eigenvalue weighted by Gasteiger charge is 2.17. The molecule has 0 fully saturated rings. The van der Waals surface area contributed by atoms with E-state index in [2.05, 4.69) is 51.3 Å². The van der Waals surface area contributed by atoms with Crippen LogP contribution in [-0.4, -0.2) is 9.55 Å². The first-order valence-corrected chi connectivity index (χ1v) is 7.92. The van der Waals surface area contributed by atoms with Crippen molar-refractivity contribution in [2.75, 3.05) is 5.73 Å². The largest absolute Gasteiger partial charge is 0.383 e. The lowest BCUT2D eigenvalue weighted by molar-refractivity contribution is 0.612. The molecule has 0 unspecified atom stereocenters. The molecule has 1 heterocycles. The van der Waals surface area contributed by atoms with Crippen LogP contribution in [0.5, 0.6) is 0 Å². The second-order valence-corrected chi connectivity index (χ2v) is 5.87. The van der Waals surface area contributed by atoms with Crippen LogP contribution in [0.1, 0.15) is 49.2 Å². The Kier molecular flexibility index (Phi) is 4.71. The van der Waals surface area contributed by atoms with Crippen molar-refractivity contribution in [3.05, 3.63) is 34.6 Å². The molecule has 0 bridgehead atoms. The fourth-order valence-corrected chi connectivity index (χ4v) is 2.76. The number of aryl methyl sites for hydroxylation is 4. The molecule has 0 aliphatic carbocycles. The van der Waals surface area contributed by atoms with Gasteiger partial charge in [-0.1, -0.05) is 26.3 Å². The third-order valence-electron chi connectivity index (χ3n) is 4.23. The molecule has 0 saturated heterocycles. The maximum atomic E-state index is 6.41. The van der Waals surface area contributed by atoms with Crippen molar-refractivity contribution in [2.45, 2.75) is 60.4 Å². The highest BCUT2D eigenvalue weighted by atomic mass is 15.1. The molecule has 0 aliphatic heterocycles. The quantitative estimate of drug-likeness (QED) is 0.883. The Morgan fingerprint density at radius 1 is 1.05 bits per heavy atom. The number of aromatic nitrogens is 2. The Morgan fingerprint density at radius 3 is 2.33 bits per heavy atom. The SMILES string of the molecule is CCCCn1c(CC)nc(-c2cc(C)c(C)cc2C)c1N. The van der Waals surface area contributed by atoms with Gasteiger partial charge in [0.05, 0.1) is 0 Å². The third kappa shape index (κ3) is 2.97. The van der Waals surface area contributed by atoms with Crippen LogP contribution < -0.4 is 5.73 Å². The second kappa shape index (κ2) is 6.33. The van der Waals surface area contributed by atoms with Gasteiger partial charge in [0.1, 0.15) is 17.3 Å². The van der Waals surface area contributed by atoms with Gasteiger partial charge < -0.3 is 10.3 Å². The summed E-state index contributed by atoms with van der Waals surface area (Å²) in [5.41, 5.74) is 12.4. The number of benzene rings is 1. The van der Waals surface area contributed by atoms with Crippen molar-refractivity contribution in [1.29, 1.82) is 0 Å². The number of hydrogen-bond donors (Lipinski definition) is 1. The molecule has 114 valence electrons. The van der Waals surface area contributed by atoms with Gasteiger partial charge in [0, 0.05) is 18.5 Å². The lowest BCUT2D eigenvalue weighted by atomic mass is 9.99. The van der Waals surface area contributed by atoms with Gasteiger partial charge in [-0.3, -0.25) is 0 Å². The monoisotopic (exact) mass is 285 g/mol. The van der Waals surface area contributed by atoms with Crippen molar-refractivity contribution in [3.8, 4) is 11.3 Å². The normalized spacial score (nSPS) is 11.1. The fraction of sp³-hybridized carbons (Fsp3) is 0.500. The topological polar surface area (TPSA) is 43.8 Å². The van der Waals surface area contributed by atoms with E-state index in [9.17, 15) is 0 Å². The first-order chi connectivity index (χ1) is 9.99. The van der Waals surface area contributed by atoms with Crippen LogP contribution in [0.3, 0.4) is 0 Å². The minimum Gasteiger partial charge on any atom is -0.383 e. The van der Waals surface area contributed by atoms with Gasteiger partial charge in [0.2, 0.25) is 0 Å². The molecular weight excluding hydrogens is 258 g/mol. The second-order valence-electron chi connectivity index (χ2n) is 5.87. The Hall–Kier alpha value is -1.77. The number of rotatable bonds is 5. The molecule has 2 aromatic rings. The van der Waals surface area contributed by atoms with E-state index in [-0.39, 0.29) is 0 Å². The maximum absolute atomic E-state index is 6.41. The lowest BCUT2D eigenvalue weighted by Crippen LogP contribution is -2.06. The summed E-state index contributed by atoms with van der Waals surface area (Å²) in [6.45, 7) is 11.7. The Balaban J connectivity index is 2.54. The molecule has 2 rings (SSSR count). The van der Waals surface area contributed by atoms with E-state index in [1.54, 1.807) is 0 Å². The molecular formula is C18H27N3. The van der Waals surface area contributed by atoms with E-state index in [1.165, 1.54) is 28.7 Å². The van der Waals surface area contributed by atoms with Crippen LogP contribution in [0.4, 0.5) is 5.82 Å². The molecule has 0 saturated carbocycles. The molecule has 0 amide bonds. The molecule has 1 aromatic carbocycles. The Labute approximate surface area is 128 Å². The number of nitrogens with two attached hydrogens (primary N) is 1. The van der Waals surface area contributed by atoms with Crippen molar-refractivity contribution < 1.29 is 0 Å². The van der Waals surface area contributed by atoms with E-state index >= 15 is 0 Å². The molecule has 21 heavy (non-hydrogen) atoms. The number of nitrogens with zero attached hydrogens (tertiary/aromatic N) is 2. The first kappa shape index (κ1) is 15.6. The molecule has 0 radical (unpaired) electrons. The predicted octanol–water partition coefficient (Wildman–Crippen LogP) is 4.42. The standard InChI is InChI=1S/C18H27N3/c1-6-8-9-21-16(7-2)20-17(18(21)19)15-11-13(4)12(3)10-14(15)5/h10-11H,6-9,19H2,1-5H3. The van der Waals surface area contributed by atoms with Gasteiger partial charge in [0.25, 0.3) is 0 Å². The van der Waals surface area contributed by atoms with Gasteiger partial charge >= 0.3 is 0 Å². The molecule has 0 atom stereocenters. The zero-order chi connectivity index (χ0) is 15.6. The highest BCUT2D eigenvalue weighted by Crippen LogP contribution is 2.31. The minimum atomic E-state index is 0.812. The molecule has 3 nitrogen and oxygen atoms in total. The van der Waals surface area contributed by atoms with Gasteiger partial charge in [0.15, 0.2) is 0 Å². The zero-order valence-electron chi connectivity index (χ0n) is 14.0. The van der Waals surface area contributed by atoms with Gasteiger partial charge in [-0.25, -0.2) is 4.98 Å². The summed E-state index contributed by atoms with van der Waals surface area (Å²) < 4.78 is 2.19. The number of nitrogen functional groups attached to an aromatic ring is 1. The average molecular weight is 285 g/mol. The molecule has 0 spiro atoms. The van der Waals surface area contributed by atoms with Gasteiger partial charge in [-0.2, -0.15) is 0 Å². The van der Waals surface area contributed by atoms with Gasteiger partial charge in [-0.15, -0.1) is 0 Å². The zero-order valence-corrected chi connectivity index (χ0v) is 14.0. The molecule has 1 aromatic heterocycles. The van der Waals surface area contributed by atoms with E-state index < -0.39 is 0 Å². The minimum absolute atomic E-state index is 0.812. The molecule has 3 heteroatoms. The molecule has 2 N–H and O–H groups in total. The summed E-state index contributed by atoms with van der Waals surface area (Å²) in [4.78, 5) is 4.82. The van der Waals surface area contributed by atoms with Crippen molar-refractivity contribution in [2.24, 2.45) is 0 Å². The first-order valence-electron chi connectivity index (χ1n) is 7.92. The van der Waals surface area contributed by atoms with Crippen molar-refractivity contribution in [3.63, 3.8) is 0 Å². The van der Waals surface area contributed by atoms with E-state index in [4.69, 9.17) is 10.7 Å². The van der Waals surface area contributed by atoms with Crippen LogP contribution in [0.2, 0.25) is 0 Å². The van der Waals surface area contributed by atoms with Crippen LogP contribution in [-0.2, 0) is 13.0 Å². The lowest BCUT2D eigenvalue weighted by Gasteiger charge is -2.10. The summed E-state index contributed by atoms with van der Waals surface area (Å²) in [5.74, 6) is 1.90. The highest BCUT2D eigenvalue weighted by molar-refractivity contribution is 5.74. The Morgan fingerprint density at radius 2 is 1.71 bits per heavy atom. The third-order valence-corrected chi connectivity index (χ3v) is 4.23. The predicted molar refractivity (Wildman–Crippen MR) is 90.6 cm³/mol. The Bertz CT molecular complexity index is 638. The van der Waals surface area contributed by atoms with Crippen LogP contribution in [0, 0.1) is 20.8 Å². The van der Waals surface area contributed by atoms with Crippen LogP contribution >= 0.6 is 0 Å². The summed E-state index contributed by atoms with van der Waals surface area (Å²) in [6, 6.07) is 4.44. The van der Waals surface area contributed by atoms with Crippen molar-refractivity contribution in [1.82, 2.24) is 9.55 Å². The van der Waals surface area contributed by atoms with Crippen LogP contribution in [0.25, 0.3) is 11.3 Å². The summed E-state index contributed by atoms with van der Waals surface area (Å²) in [5, 5.41) is 0. The fourth-order valence-electron chi connectivity index (χ4n) is 2.76. The van der Waals surface area contributed by atoms with Gasteiger partial charge in [-0.05, 0) is 49.9 Å². The van der Waals surface area contributed by atoms with Crippen LogP contribution in [0.15, 0.2) is 12.1 Å². The van der Waals surface area contributed by atoms with E-state index in [1.807, 2.05) is 0 Å². The summed E-state index contributed by atoms with van der Waals surface area (Å²) in [7, 11) is 0. The number of anilines is 1. The number of hydrogen-bond acceptors (Lipinski definition) is 2. The maximum Gasteiger partial charge on any atom is 0.131 e.